The van der Waals surface area contributed by atoms with Crippen LogP contribution in [0.2, 0.25) is 0 Å². The molecule has 2 heteroatoms. The fourth-order valence-corrected chi connectivity index (χ4v) is 3.87. The molecule has 0 fully saturated rings. The van der Waals surface area contributed by atoms with E-state index >= 15 is 0 Å². The Balaban J connectivity index is 1.69. The van der Waals surface area contributed by atoms with Gasteiger partial charge in [-0.25, -0.2) is 0 Å². The quantitative estimate of drug-likeness (QED) is 0.539. The molecule has 0 N–H and O–H groups in total. The van der Waals surface area contributed by atoms with Crippen molar-refractivity contribution in [3.05, 3.63) is 106 Å². The molecule has 2 radical (unpaired) electrons. The van der Waals surface area contributed by atoms with E-state index in [1.807, 2.05) is 0 Å². The zero-order valence-electron chi connectivity index (χ0n) is 16.8. The van der Waals surface area contributed by atoms with Crippen LogP contribution in [0.4, 0.5) is 11.4 Å². The van der Waals surface area contributed by atoms with E-state index in [0.29, 0.717) is 0 Å². The highest BCUT2D eigenvalue weighted by Crippen LogP contribution is 2.36. The van der Waals surface area contributed by atoms with E-state index in [1.54, 1.807) is 0 Å². The first-order valence-electron chi connectivity index (χ1n) is 10.1. The standard InChI is InChI=1S/C26H26BN/c1-19-3-13-24(14-4-19)28(25-15-5-20(2)6-16-25)26-17-9-22(10-18-26)21-7-11-23(27)12-8-21/h3-7,9,11,13-17H,8,10,12,18H2,1-2H3. The second-order valence-corrected chi connectivity index (χ2v) is 7.79. The van der Waals surface area contributed by atoms with Crippen LogP contribution in [0, 0.1) is 13.8 Å². The van der Waals surface area contributed by atoms with Crippen molar-refractivity contribution in [3.8, 4) is 0 Å². The normalized spacial score (nSPS) is 16.6. The highest BCUT2D eigenvalue weighted by molar-refractivity contribution is 6.21. The monoisotopic (exact) mass is 363 g/mol. The molecule has 2 aliphatic rings. The Bertz CT molecular complexity index is 927. The lowest BCUT2D eigenvalue weighted by Crippen LogP contribution is -2.18. The molecule has 0 saturated carbocycles. The van der Waals surface area contributed by atoms with Crippen LogP contribution >= 0.6 is 0 Å². The molecule has 1 nitrogen and oxygen atoms in total. The summed E-state index contributed by atoms with van der Waals surface area (Å²) in [6, 6.07) is 17.6. The first-order valence-corrected chi connectivity index (χ1v) is 10.1. The van der Waals surface area contributed by atoms with Gasteiger partial charge in [-0.2, -0.15) is 0 Å². The molecular weight excluding hydrogens is 337 g/mol. The summed E-state index contributed by atoms with van der Waals surface area (Å²) < 4.78 is 0. The Kier molecular flexibility index (Phi) is 5.39. The second-order valence-electron chi connectivity index (χ2n) is 7.79. The Hall–Kier alpha value is -2.74. The number of anilines is 2. The minimum absolute atomic E-state index is 0.971. The zero-order valence-corrected chi connectivity index (χ0v) is 16.8. The summed E-state index contributed by atoms with van der Waals surface area (Å²) in [7, 11) is 5.92. The average molecular weight is 363 g/mol. The lowest BCUT2D eigenvalue weighted by atomic mass is 9.82. The van der Waals surface area contributed by atoms with Gasteiger partial charge in [-0.05, 0) is 81.0 Å². The Morgan fingerprint density at radius 1 is 0.607 bits per heavy atom. The zero-order chi connectivity index (χ0) is 19.5. The van der Waals surface area contributed by atoms with Crippen LogP contribution in [-0.4, -0.2) is 7.85 Å². The largest absolute Gasteiger partial charge is 0.314 e. The summed E-state index contributed by atoms with van der Waals surface area (Å²) in [5.41, 5.74) is 10.2. The third-order valence-corrected chi connectivity index (χ3v) is 5.59. The number of benzene rings is 2. The summed E-state index contributed by atoms with van der Waals surface area (Å²) in [4.78, 5) is 2.39. The fourth-order valence-electron chi connectivity index (χ4n) is 3.87. The molecule has 2 aromatic carbocycles. The lowest BCUT2D eigenvalue weighted by molar-refractivity contribution is 0.847. The SMILES string of the molecule is [B]C1=CC=C(C2=CC=C(N(c3ccc(C)cc3)c3ccc(C)cc3)CC2)CC1. The number of hydrogen-bond donors (Lipinski definition) is 0. The van der Waals surface area contributed by atoms with Gasteiger partial charge in [-0.15, -0.1) is 5.47 Å². The van der Waals surface area contributed by atoms with E-state index in [2.05, 4.69) is 91.6 Å². The van der Waals surface area contributed by atoms with E-state index in [1.165, 1.54) is 39.3 Å². The van der Waals surface area contributed by atoms with E-state index in [-0.39, 0.29) is 0 Å². The van der Waals surface area contributed by atoms with E-state index in [4.69, 9.17) is 7.85 Å². The Morgan fingerprint density at radius 3 is 1.54 bits per heavy atom. The number of hydrogen-bond acceptors (Lipinski definition) is 1. The molecule has 4 rings (SSSR count). The van der Waals surface area contributed by atoms with Crippen LogP contribution in [0.15, 0.2) is 95.2 Å². The van der Waals surface area contributed by atoms with E-state index in [0.717, 1.165) is 31.2 Å². The van der Waals surface area contributed by atoms with Gasteiger partial charge in [-0.1, -0.05) is 53.6 Å². The first-order chi connectivity index (χ1) is 13.6. The molecule has 138 valence electrons. The van der Waals surface area contributed by atoms with Gasteiger partial charge in [0.1, 0.15) is 7.85 Å². The van der Waals surface area contributed by atoms with Crippen molar-refractivity contribution in [2.24, 2.45) is 0 Å². The number of allylic oxidation sites excluding steroid dienone is 8. The topological polar surface area (TPSA) is 3.24 Å². The van der Waals surface area contributed by atoms with Crippen LogP contribution in [0.3, 0.4) is 0 Å². The van der Waals surface area contributed by atoms with Crippen molar-refractivity contribution in [3.63, 3.8) is 0 Å². The van der Waals surface area contributed by atoms with Gasteiger partial charge in [-0.3, -0.25) is 0 Å². The van der Waals surface area contributed by atoms with Crippen molar-refractivity contribution in [1.29, 1.82) is 0 Å². The van der Waals surface area contributed by atoms with Gasteiger partial charge in [0.25, 0.3) is 0 Å². The molecule has 0 bridgehead atoms. The minimum Gasteiger partial charge on any atom is -0.314 e. The molecule has 0 atom stereocenters. The molecule has 2 aromatic rings. The third kappa shape index (κ3) is 4.07. The van der Waals surface area contributed by atoms with Gasteiger partial charge >= 0.3 is 0 Å². The average Bonchev–Trinajstić information content (AvgIpc) is 2.72. The van der Waals surface area contributed by atoms with Crippen molar-refractivity contribution >= 4 is 19.2 Å². The van der Waals surface area contributed by atoms with Crippen LogP contribution in [0.5, 0.6) is 0 Å². The molecule has 0 unspecified atom stereocenters. The van der Waals surface area contributed by atoms with Crippen LogP contribution in [0.25, 0.3) is 0 Å². The molecule has 0 aromatic heterocycles. The highest BCUT2D eigenvalue weighted by Gasteiger charge is 2.19. The van der Waals surface area contributed by atoms with E-state index in [9.17, 15) is 0 Å². The maximum absolute atomic E-state index is 5.92. The van der Waals surface area contributed by atoms with Crippen molar-refractivity contribution in [2.45, 2.75) is 39.5 Å². The van der Waals surface area contributed by atoms with Gasteiger partial charge < -0.3 is 4.90 Å². The predicted molar refractivity (Wildman–Crippen MR) is 121 cm³/mol. The van der Waals surface area contributed by atoms with Gasteiger partial charge in [0.2, 0.25) is 0 Å². The first kappa shape index (κ1) is 18.6. The molecule has 0 saturated heterocycles. The predicted octanol–water partition coefficient (Wildman–Crippen LogP) is 6.82. The second kappa shape index (κ2) is 8.10. The third-order valence-electron chi connectivity index (χ3n) is 5.59. The smallest absolute Gasteiger partial charge is 0.107 e. The summed E-state index contributed by atoms with van der Waals surface area (Å²) in [6.45, 7) is 4.27. The summed E-state index contributed by atoms with van der Waals surface area (Å²) in [5.74, 6) is 0. The summed E-state index contributed by atoms with van der Waals surface area (Å²) in [6.07, 6.45) is 13.0. The van der Waals surface area contributed by atoms with Crippen LogP contribution < -0.4 is 4.90 Å². The maximum atomic E-state index is 5.92. The molecular formula is C26H26BN. The Morgan fingerprint density at radius 2 is 1.11 bits per heavy atom. The number of nitrogens with zero attached hydrogens (tertiary/aromatic N) is 1. The minimum atomic E-state index is 0.971. The van der Waals surface area contributed by atoms with Gasteiger partial charge in [0.15, 0.2) is 0 Å². The van der Waals surface area contributed by atoms with Crippen molar-refractivity contribution in [1.82, 2.24) is 0 Å². The molecule has 2 aliphatic carbocycles. The highest BCUT2D eigenvalue weighted by atomic mass is 15.1. The maximum Gasteiger partial charge on any atom is 0.107 e. The molecule has 0 amide bonds. The summed E-state index contributed by atoms with van der Waals surface area (Å²) >= 11 is 0. The fraction of sp³-hybridized carbons (Fsp3) is 0.231. The lowest BCUT2D eigenvalue weighted by Gasteiger charge is -2.30. The van der Waals surface area contributed by atoms with Crippen LogP contribution in [0.1, 0.15) is 36.8 Å². The molecule has 28 heavy (non-hydrogen) atoms. The number of aryl methyl sites for hydroxylation is 2. The number of rotatable bonds is 4. The molecule has 0 aliphatic heterocycles. The van der Waals surface area contributed by atoms with Gasteiger partial charge in [0.05, 0.1) is 0 Å². The van der Waals surface area contributed by atoms with Crippen molar-refractivity contribution < 1.29 is 0 Å². The van der Waals surface area contributed by atoms with Crippen LogP contribution in [-0.2, 0) is 0 Å². The molecule has 0 spiro atoms. The van der Waals surface area contributed by atoms with Crippen molar-refractivity contribution in [2.75, 3.05) is 4.90 Å². The molecule has 0 heterocycles. The summed E-state index contributed by atoms with van der Waals surface area (Å²) in [5, 5.41) is 0. The van der Waals surface area contributed by atoms with Gasteiger partial charge in [0, 0.05) is 17.1 Å². The van der Waals surface area contributed by atoms with E-state index < -0.39 is 0 Å². The Labute approximate surface area is 170 Å².